The van der Waals surface area contributed by atoms with Crippen LogP contribution < -0.4 is 10.6 Å². The van der Waals surface area contributed by atoms with Crippen LogP contribution in [0.1, 0.15) is 38.1 Å². The van der Waals surface area contributed by atoms with Crippen LogP contribution in [0.4, 0.5) is 10.7 Å². The standard InChI is InChI=1S/C16H16N2O4S/c1-8-4-5-11(16(21)22)7-13(8)18-14(20)12-6-9(2)23-15(12)17-10(3)19/h4-7H,1-3H3,(H,17,19)(H,18,20)(H,21,22). The summed E-state index contributed by atoms with van der Waals surface area (Å²) < 4.78 is 0. The Morgan fingerprint density at radius 1 is 1.09 bits per heavy atom. The van der Waals surface area contributed by atoms with Gasteiger partial charge in [0.05, 0.1) is 11.1 Å². The smallest absolute Gasteiger partial charge is 0.335 e. The molecule has 0 aliphatic rings. The van der Waals surface area contributed by atoms with Crippen molar-refractivity contribution in [3.05, 3.63) is 45.8 Å². The van der Waals surface area contributed by atoms with Gasteiger partial charge in [-0.3, -0.25) is 9.59 Å². The zero-order chi connectivity index (χ0) is 17.1. The number of carboxylic acids is 1. The molecule has 0 bridgehead atoms. The van der Waals surface area contributed by atoms with Gasteiger partial charge in [0.2, 0.25) is 5.91 Å². The quantitative estimate of drug-likeness (QED) is 0.800. The molecule has 1 heterocycles. The van der Waals surface area contributed by atoms with E-state index in [0.29, 0.717) is 16.3 Å². The lowest BCUT2D eigenvalue weighted by molar-refractivity contribution is -0.114. The zero-order valence-electron chi connectivity index (χ0n) is 12.9. The minimum atomic E-state index is -1.06. The largest absolute Gasteiger partial charge is 0.478 e. The van der Waals surface area contributed by atoms with Crippen molar-refractivity contribution < 1.29 is 19.5 Å². The second kappa shape index (κ2) is 6.62. The van der Waals surface area contributed by atoms with Gasteiger partial charge in [0.25, 0.3) is 5.91 Å². The molecule has 7 heteroatoms. The van der Waals surface area contributed by atoms with Crippen molar-refractivity contribution in [1.82, 2.24) is 0 Å². The van der Waals surface area contributed by atoms with Crippen molar-refractivity contribution in [3.8, 4) is 0 Å². The highest BCUT2D eigenvalue weighted by molar-refractivity contribution is 7.16. The predicted molar refractivity (Wildman–Crippen MR) is 89.5 cm³/mol. The van der Waals surface area contributed by atoms with Crippen LogP contribution in [0.15, 0.2) is 24.3 Å². The van der Waals surface area contributed by atoms with E-state index in [4.69, 9.17) is 5.11 Å². The van der Waals surface area contributed by atoms with Crippen LogP contribution in [0, 0.1) is 13.8 Å². The Balaban J connectivity index is 2.31. The molecule has 0 fully saturated rings. The molecule has 3 N–H and O–H groups in total. The lowest BCUT2D eigenvalue weighted by atomic mass is 10.1. The van der Waals surface area contributed by atoms with Gasteiger partial charge in [-0.25, -0.2) is 4.79 Å². The molecule has 0 radical (unpaired) electrons. The number of hydrogen-bond acceptors (Lipinski definition) is 4. The Hall–Kier alpha value is -2.67. The first-order valence-electron chi connectivity index (χ1n) is 6.81. The molecule has 2 rings (SSSR count). The van der Waals surface area contributed by atoms with Gasteiger partial charge < -0.3 is 15.7 Å². The molecule has 120 valence electrons. The average Bonchev–Trinajstić information content (AvgIpc) is 2.80. The highest BCUT2D eigenvalue weighted by Gasteiger charge is 2.17. The fraction of sp³-hybridized carbons (Fsp3) is 0.188. The molecule has 6 nitrogen and oxygen atoms in total. The number of aryl methyl sites for hydroxylation is 2. The molecule has 0 saturated carbocycles. The fourth-order valence-electron chi connectivity index (χ4n) is 2.01. The van der Waals surface area contributed by atoms with E-state index in [-0.39, 0.29) is 11.5 Å². The van der Waals surface area contributed by atoms with E-state index in [1.807, 2.05) is 6.92 Å². The first-order valence-corrected chi connectivity index (χ1v) is 7.63. The number of hydrogen-bond donors (Lipinski definition) is 3. The number of carbonyl (C=O) groups excluding carboxylic acids is 2. The number of anilines is 2. The molecule has 2 aromatic rings. The minimum absolute atomic E-state index is 0.0921. The lowest BCUT2D eigenvalue weighted by Gasteiger charge is -2.10. The van der Waals surface area contributed by atoms with Gasteiger partial charge >= 0.3 is 5.97 Å². The van der Waals surface area contributed by atoms with Crippen LogP contribution in [0.5, 0.6) is 0 Å². The number of rotatable bonds is 4. The van der Waals surface area contributed by atoms with E-state index >= 15 is 0 Å². The topological polar surface area (TPSA) is 95.5 Å². The van der Waals surface area contributed by atoms with Gasteiger partial charge in [-0.05, 0) is 37.6 Å². The van der Waals surface area contributed by atoms with E-state index in [1.165, 1.54) is 30.4 Å². The summed E-state index contributed by atoms with van der Waals surface area (Å²) >= 11 is 1.31. The maximum Gasteiger partial charge on any atom is 0.335 e. The van der Waals surface area contributed by atoms with Crippen LogP contribution >= 0.6 is 11.3 Å². The Bertz CT molecular complexity index is 795. The highest BCUT2D eigenvalue weighted by Crippen LogP contribution is 2.29. The SMILES string of the molecule is CC(=O)Nc1sc(C)cc1C(=O)Nc1cc(C(=O)O)ccc1C. The van der Waals surface area contributed by atoms with E-state index in [1.54, 1.807) is 19.1 Å². The van der Waals surface area contributed by atoms with E-state index in [2.05, 4.69) is 10.6 Å². The number of thiophene rings is 1. The van der Waals surface area contributed by atoms with Gasteiger partial charge in [0.15, 0.2) is 0 Å². The molecule has 0 spiro atoms. The van der Waals surface area contributed by atoms with E-state index < -0.39 is 11.9 Å². The molecule has 1 aromatic carbocycles. The van der Waals surface area contributed by atoms with Crippen molar-refractivity contribution in [1.29, 1.82) is 0 Å². The van der Waals surface area contributed by atoms with Crippen molar-refractivity contribution in [2.75, 3.05) is 10.6 Å². The van der Waals surface area contributed by atoms with E-state index in [9.17, 15) is 14.4 Å². The van der Waals surface area contributed by atoms with Crippen molar-refractivity contribution in [2.24, 2.45) is 0 Å². The maximum absolute atomic E-state index is 12.5. The molecule has 0 atom stereocenters. The van der Waals surface area contributed by atoms with Crippen LogP contribution in [-0.4, -0.2) is 22.9 Å². The molecule has 23 heavy (non-hydrogen) atoms. The first-order chi connectivity index (χ1) is 10.8. The van der Waals surface area contributed by atoms with Gasteiger partial charge in [0, 0.05) is 17.5 Å². The van der Waals surface area contributed by atoms with Crippen molar-refractivity contribution in [2.45, 2.75) is 20.8 Å². The summed E-state index contributed by atoms with van der Waals surface area (Å²) in [4.78, 5) is 35.6. The normalized spacial score (nSPS) is 10.2. The molecule has 2 amide bonds. The van der Waals surface area contributed by atoms with Crippen LogP contribution in [0.25, 0.3) is 0 Å². The number of carbonyl (C=O) groups is 3. The molecule has 1 aromatic heterocycles. The van der Waals surface area contributed by atoms with Crippen LogP contribution in [0.2, 0.25) is 0 Å². The second-order valence-electron chi connectivity index (χ2n) is 5.07. The minimum Gasteiger partial charge on any atom is -0.478 e. The number of aromatic carboxylic acids is 1. The molecule has 0 unspecified atom stereocenters. The Kier molecular flexibility index (Phi) is 4.80. The third-order valence-electron chi connectivity index (χ3n) is 3.12. The van der Waals surface area contributed by atoms with Gasteiger partial charge in [0.1, 0.15) is 5.00 Å². The number of carboxylic acid groups (broad SMARTS) is 1. The molecule has 0 aliphatic heterocycles. The highest BCUT2D eigenvalue weighted by atomic mass is 32.1. The summed E-state index contributed by atoms with van der Waals surface area (Å²) in [6.07, 6.45) is 0. The number of amides is 2. The van der Waals surface area contributed by atoms with Gasteiger partial charge in [-0.2, -0.15) is 0 Å². The first kappa shape index (κ1) is 16.7. The summed E-state index contributed by atoms with van der Waals surface area (Å²) in [6.45, 7) is 4.98. The summed E-state index contributed by atoms with van der Waals surface area (Å²) in [6, 6.07) is 6.20. The van der Waals surface area contributed by atoms with Gasteiger partial charge in [-0.1, -0.05) is 6.07 Å². The maximum atomic E-state index is 12.5. The molecular formula is C16H16N2O4S. The summed E-state index contributed by atoms with van der Waals surface area (Å²) in [5.41, 5.74) is 1.61. The number of benzene rings is 1. The Morgan fingerprint density at radius 3 is 2.39 bits per heavy atom. The Labute approximate surface area is 137 Å². The molecular weight excluding hydrogens is 316 g/mol. The van der Waals surface area contributed by atoms with Gasteiger partial charge in [-0.15, -0.1) is 11.3 Å². The third-order valence-corrected chi connectivity index (χ3v) is 4.09. The van der Waals surface area contributed by atoms with Crippen LogP contribution in [0.3, 0.4) is 0 Å². The summed E-state index contributed by atoms with van der Waals surface area (Å²) in [7, 11) is 0. The summed E-state index contributed by atoms with van der Waals surface area (Å²) in [5, 5.41) is 14.8. The van der Waals surface area contributed by atoms with Crippen LogP contribution in [-0.2, 0) is 4.79 Å². The Morgan fingerprint density at radius 2 is 1.78 bits per heavy atom. The molecule has 0 saturated heterocycles. The fourth-order valence-corrected chi connectivity index (χ4v) is 2.97. The van der Waals surface area contributed by atoms with Crippen molar-refractivity contribution in [3.63, 3.8) is 0 Å². The third kappa shape index (κ3) is 3.95. The molecule has 0 aliphatic carbocycles. The van der Waals surface area contributed by atoms with Crippen molar-refractivity contribution >= 4 is 39.8 Å². The number of nitrogens with one attached hydrogen (secondary N) is 2. The zero-order valence-corrected chi connectivity index (χ0v) is 13.7. The average molecular weight is 332 g/mol. The predicted octanol–water partition coefficient (Wildman–Crippen LogP) is 3.27. The van der Waals surface area contributed by atoms with E-state index in [0.717, 1.165) is 10.4 Å². The summed E-state index contributed by atoms with van der Waals surface area (Å²) in [5.74, 6) is -1.72. The lowest BCUT2D eigenvalue weighted by Crippen LogP contribution is -2.15. The monoisotopic (exact) mass is 332 g/mol. The second-order valence-corrected chi connectivity index (χ2v) is 6.33.